The fourth-order valence-corrected chi connectivity index (χ4v) is 3.92. The molecule has 0 aliphatic rings. The van der Waals surface area contributed by atoms with Crippen LogP contribution in [0.2, 0.25) is 0 Å². The first-order valence-electron chi connectivity index (χ1n) is 10.9. The quantitative estimate of drug-likeness (QED) is 0.370. The minimum Gasteiger partial charge on any atom is -0.292 e. The zero-order valence-corrected chi connectivity index (χ0v) is 19.2. The number of carbonyl (C=O) groups is 1. The number of fused-ring (bicyclic) bond motifs is 1. The van der Waals surface area contributed by atoms with Gasteiger partial charge in [0, 0.05) is 24.4 Å². The van der Waals surface area contributed by atoms with Crippen molar-refractivity contribution < 1.29 is 18.0 Å². The summed E-state index contributed by atoms with van der Waals surface area (Å²) in [5.41, 5.74) is 1.80. The Balaban J connectivity index is 1.39. The van der Waals surface area contributed by atoms with Crippen molar-refractivity contribution >= 4 is 22.9 Å². The Kier molecular flexibility index (Phi) is 5.96. The Morgan fingerprint density at radius 1 is 1.19 bits per heavy atom. The van der Waals surface area contributed by atoms with Gasteiger partial charge in [-0.15, -0.1) is 5.10 Å². The lowest BCUT2D eigenvalue weighted by molar-refractivity contribution is -0.116. The predicted molar refractivity (Wildman–Crippen MR) is 124 cm³/mol. The third kappa shape index (κ3) is 4.67. The Morgan fingerprint density at radius 2 is 2.03 bits per heavy atom. The number of aromatic nitrogens is 8. The number of aryl methyl sites for hydroxylation is 2. The summed E-state index contributed by atoms with van der Waals surface area (Å²) in [6.07, 6.45) is 1.83. The maximum absolute atomic E-state index is 13.9. The Bertz CT molecular complexity index is 1570. The number of nitrogens with one attached hydrogen (secondary N) is 1. The smallest absolute Gasteiger partial charge is 0.264 e. The molecule has 0 unspecified atom stereocenters. The lowest BCUT2D eigenvalue weighted by Gasteiger charge is -2.07. The first-order chi connectivity index (χ1) is 17.3. The fraction of sp³-hybridized carbons (Fsp3) is 0.217. The molecular formula is C23H20F3N9O. The number of nitrogens with zero attached hydrogens (tertiary/aromatic N) is 8. The predicted octanol–water partition coefficient (Wildman–Crippen LogP) is 3.50. The zero-order chi connectivity index (χ0) is 25.4. The number of anilines is 1. The van der Waals surface area contributed by atoms with Gasteiger partial charge < -0.3 is 0 Å². The van der Waals surface area contributed by atoms with Crippen molar-refractivity contribution in [3.8, 4) is 11.3 Å². The van der Waals surface area contributed by atoms with Crippen LogP contribution in [0, 0.1) is 12.7 Å². The Hall–Kier alpha value is -4.55. The molecule has 1 aromatic carbocycles. The van der Waals surface area contributed by atoms with Gasteiger partial charge in [-0.3, -0.25) is 14.8 Å². The molecule has 0 fully saturated rings. The van der Waals surface area contributed by atoms with Crippen LogP contribution in [0.3, 0.4) is 0 Å². The third-order valence-electron chi connectivity index (χ3n) is 5.46. The minimum atomic E-state index is -2.76. The molecule has 0 aliphatic carbocycles. The molecule has 13 heteroatoms. The molecule has 10 nitrogen and oxygen atoms in total. The molecule has 0 saturated carbocycles. The lowest BCUT2D eigenvalue weighted by atomic mass is 10.1. The molecule has 1 amide bonds. The van der Waals surface area contributed by atoms with Gasteiger partial charge in [-0.25, -0.2) is 32.5 Å². The molecule has 0 radical (unpaired) electrons. The van der Waals surface area contributed by atoms with E-state index in [0.29, 0.717) is 22.5 Å². The summed E-state index contributed by atoms with van der Waals surface area (Å²) in [6.45, 7) is 1.56. The number of alkyl halides is 2. The maximum atomic E-state index is 13.9. The number of carbonyl (C=O) groups excluding carboxylic acids is 1. The molecule has 36 heavy (non-hydrogen) atoms. The molecule has 1 N–H and O–H groups in total. The van der Waals surface area contributed by atoms with E-state index in [2.05, 4.69) is 30.6 Å². The number of benzene rings is 1. The third-order valence-corrected chi connectivity index (χ3v) is 5.46. The van der Waals surface area contributed by atoms with Crippen LogP contribution in [0.5, 0.6) is 0 Å². The number of amides is 1. The van der Waals surface area contributed by atoms with Crippen LogP contribution in [0.15, 0.2) is 49.1 Å². The minimum absolute atomic E-state index is 0.0434. The van der Waals surface area contributed by atoms with E-state index in [4.69, 9.17) is 0 Å². The van der Waals surface area contributed by atoms with E-state index in [0.717, 1.165) is 0 Å². The van der Waals surface area contributed by atoms with Crippen molar-refractivity contribution in [2.75, 3.05) is 5.32 Å². The second kappa shape index (κ2) is 9.24. The van der Waals surface area contributed by atoms with Crippen LogP contribution in [-0.4, -0.2) is 45.2 Å². The van der Waals surface area contributed by atoms with Gasteiger partial charge in [0.1, 0.15) is 18.7 Å². The summed E-state index contributed by atoms with van der Waals surface area (Å²) >= 11 is 0. The highest BCUT2D eigenvalue weighted by molar-refractivity contribution is 5.91. The summed E-state index contributed by atoms with van der Waals surface area (Å²) in [7, 11) is 1.71. The van der Waals surface area contributed by atoms with Crippen molar-refractivity contribution in [2.24, 2.45) is 7.05 Å². The molecule has 184 valence electrons. The van der Waals surface area contributed by atoms with Crippen molar-refractivity contribution in [2.45, 2.75) is 26.4 Å². The largest absolute Gasteiger partial charge is 0.292 e. The number of halogens is 3. The van der Waals surface area contributed by atoms with E-state index >= 15 is 0 Å². The van der Waals surface area contributed by atoms with Crippen LogP contribution < -0.4 is 5.32 Å². The summed E-state index contributed by atoms with van der Waals surface area (Å²) in [5, 5.41) is 15.3. The molecule has 0 atom stereocenters. The molecular weight excluding hydrogens is 475 g/mol. The number of rotatable bonds is 7. The lowest BCUT2D eigenvalue weighted by Crippen LogP contribution is -2.20. The van der Waals surface area contributed by atoms with E-state index in [1.54, 1.807) is 37.0 Å². The van der Waals surface area contributed by atoms with Gasteiger partial charge in [-0.2, -0.15) is 10.2 Å². The number of hydrogen-bond acceptors (Lipinski definition) is 6. The highest BCUT2D eigenvalue weighted by Gasteiger charge is 2.22. The van der Waals surface area contributed by atoms with Gasteiger partial charge in [0.05, 0.1) is 29.5 Å². The topological polar surface area (TPSA) is 108 Å². The second-order valence-electron chi connectivity index (χ2n) is 8.19. The first kappa shape index (κ1) is 23.2. The number of hydrogen-bond donors (Lipinski definition) is 1. The Morgan fingerprint density at radius 3 is 2.75 bits per heavy atom. The molecule has 0 spiro atoms. The zero-order valence-electron chi connectivity index (χ0n) is 19.2. The summed E-state index contributed by atoms with van der Waals surface area (Å²) < 4.78 is 45.5. The molecule has 0 bridgehead atoms. The monoisotopic (exact) mass is 495 g/mol. The van der Waals surface area contributed by atoms with Crippen LogP contribution in [0.25, 0.3) is 22.3 Å². The van der Waals surface area contributed by atoms with Gasteiger partial charge in [-0.1, -0.05) is 12.1 Å². The highest BCUT2D eigenvalue weighted by atomic mass is 19.3. The van der Waals surface area contributed by atoms with E-state index in [1.807, 2.05) is 0 Å². The van der Waals surface area contributed by atoms with Crippen molar-refractivity contribution in [1.82, 2.24) is 39.3 Å². The summed E-state index contributed by atoms with van der Waals surface area (Å²) in [4.78, 5) is 21.3. The van der Waals surface area contributed by atoms with E-state index in [9.17, 15) is 18.0 Å². The normalized spacial score (nSPS) is 11.5. The molecule has 0 aliphatic heterocycles. The van der Waals surface area contributed by atoms with Crippen LogP contribution in [0.1, 0.15) is 23.2 Å². The molecule has 4 heterocycles. The van der Waals surface area contributed by atoms with Crippen molar-refractivity contribution in [1.29, 1.82) is 0 Å². The summed E-state index contributed by atoms with van der Waals surface area (Å²) in [6, 6.07) is 7.38. The molecule has 4 aromatic heterocycles. The van der Waals surface area contributed by atoms with E-state index in [-0.39, 0.29) is 41.5 Å². The molecule has 5 aromatic rings. The van der Waals surface area contributed by atoms with Gasteiger partial charge in [0.25, 0.3) is 6.43 Å². The van der Waals surface area contributed by atoms with Crippen molar-refractivity contribution in [3.05, 3.63) is 71.7 Å². The second-order valence-corrected chi connectivity index (χ2v) is 8.19. The first-order valence-corrected chi connectivity index (χ1v) is 10.9. The number of pyridine rings is 1. The highest BCUT2D eigenvalue weighted by Crippen LogP contribution is 2.32. The van der Waals surface area contributed by atoms with Gasteiger partial charge in [-0.05, 0) is 30.7 Å². The van der Waals surface area contributed by atoms with Crippen LogP contribution in [0.4, 0.5) is 19.1 Å². The molecule has 5 rings (SSSR count). The van der Waals surface area contributed by atoms with E-state index in [1.165, 1.54) is 40.1 Å². The Labute approximate surface area is 202 Å². The van der Waals surface area contributed by atoms with E-state index < -0.39 is 12.3 Å². The molecule has 0 saturated heterocycles. The average molecular weight is 495 g/mol. The fourth-order valence-electron chi connectivity index (χ4n) is 3.92. The van der Waals surface area contributed by atoms with Crippen LogP contribution >= 0.6 is 0 Å². The van der Waals surface area contributed by atoms with Crippen molar-refractivity contribution in [3.63, 3.8) is 0 Å². The average Bonchev–Trinajstić information content (AvgIpc) is 3.53. The maximum Gasteiger partial charge on any atom is 0.264 e. The van der Waals surface area contributed by atoms with Gasteiger partial charge in [0.15, 0.2) is 5.65 Å². The van der Waals surface area contributed by atoms with Gasteiger partial charge in [0.2, 0.25) is 11.9 Å². The van der Waals surface area contributed by atoms with Gasteiger partial charge >= 0.3 is 0 Å². The SMILES string of the molecule is Cc1nn(CC(=O)Nc2ncn(Cc3cccc(F)c3)n2)c2nc(-c3cnn(C)c3)cc(C(F)F)c12. The van der Waals surface area contributed by atoms with Crippen LogP contribution in [-0.2, 0) is 24.9 Å². The standard InChI is InChI=1S/C23H20F3N9O/c1-13-20-17(21(25)26)7-18(15-8-28-33(2)10-15)29-22(20)35(31-13)11-19(36)30-23-27-12-34(32-23)9-14-4-3-5-16(24)6-14/h3-8,10,12,21H,9,11H2,1-2H3,(H,30,32,36). The summed E-state index contributed by atoms with van der Waals surface area (Å²) in [5.74, 6) is -0.838.